The van der Waals surface area contributed by atoms with E-state index in [1.807, 2.05) is 24.3 Å². The average molecular weight is 248 g/mol. The van der Waals surface area contributed by atoms with Gasteiger partial charge in [0.1, 0.15) is 6.54 Å². The Morgan fingerprint density at radius 3 is 2.89 bits per heavy atom. The summed E-state index contributed by atoms with van der Waals surface area (Å²) in [5, 5.41) is 12.0. The molecule has 1 heterocycles. The van der Waals surface area contributed by atoms with Crippen LogP contribution in [0.25, 0.3) is 0 Å². The Morgan fingerprint density at radius 2 is 2.17 bits per heavy atom. The van der Waals surface area contributed by atoms with Crippen molar-refractivity contribution in [3.05, 3.63) is 29.8 Å². The molecule has 2 rings (SSSR count). The van der Waals surface area contributed by atoms with Gasteiger partial charge in [0.05, 0.1) is 5.92 Å². The number of aliphatic carboxylic acids is 1. The van der Waals surface area contributed by atoms with Crippen LogP contribution in [0.5, 0.6) is 0 Å². The van der Waals surface area contributed by atoms with Crippen LogP contribution in [-0.4, -0.2) is 42.0 Å². The molecule has 1 aliphatic heterocycles. The van der Waals surface area contributed by atoms with Gasteiger partial charge in [0, 0.05) is 19.3 Å². The van der Waals surface area contributed by atoms with E-state index in [0.29, 0.717) is 6.42 Å². The van der Waals surface area contributed by atoms with Crippen LogP contribution >= 0.6 is 0 Å². The van der Waals surface area contributed by atoms with Crippen molar-refractivity contribution in [3.8, 4) is 0 Å². The second-order valence-electron chi connectivity index (χ2n) is 4.44. The summed E-state index contributed by atoms with van der Waals surface area (Å²) < 4.78 is 0. The molecule has 5 nitrogen and oxygen atoms in total. The van der Waals surface area contributed by atoms with Crippen molar-refractivity contribution in [2.45, 2.75) is 12.3 Å². The molecule has 1 unspecified atom stereocenters. The molecule has 0 fully saturated rings. The van der Waals surface area contributed by atoms with Gasteiger partial charge in [-0.15, -0.1) is 0 Å². The van der Waals surface area contributed by atoms with E-state index in [0.717, 1.165) is 17.8 Å². The van der Waals surface area contributed by atoms with Crippen molar-refractivity contribution < 1.29 is 14.7 Å². The fraction of sp³-hybridized carbons (Fsp3) is 0.385. The van der Waals surface area contributed by atoms with E-state index in [4.69, 9.17) is 5.11 Å². The molecule has 18 heavy (non-hydrogen) atoms. The number of nitrogens with one attached hydrogen (secondary N) is 1. The topological polar surface area (TPSA) is 69.6 Å². The summed E-state index contributed by atoms with van der Waals surface area (Å²) in [7, 11) is 1.53. The average Bonchev–Trinajstić information content (AvgIpc) is 2.36. The number of nitrogens with zero attached hydrogens (tertiary/aromatic N) is 1. The Morgan fingerprint density at radius 1 is 1.44 bits per heavy atom. The SMILES string of the molecule is CN(CC(=O)O)C(=O)C1CCNc2ccccc21. The number of rotatable bonds is 3. The molecule has 1 atom stereocenters. The predicted octanol–water partition coefficient (Wildman–Crippen LogP) is 1.13. The molecular weight excluding hydrogens is 232 g/mol. The van der Waals surface area contributed by atoms with Gasteiger partial charge in [-0.1, -0.05) is 18.2 Å². The molecule has 0 spiro atoms. The van der Waals surface area contributed by atoms with Crippen LogP contribution < -0.4 is 5.32 Å². The lowest BCUT2D eigenvalue weighted by Crippen LogP contribution is -2.37. The summed E-state index contributed by atoms with van der Waals surface area (Å²) in [5.74, 6) is -1.37. The molecule has 96 valence electrons. The largest absolute Gasteiger partial charge is 0.480 e. The number of hydrogen-bond acceptors (Lipinski definition) is 3. The Kier molecular flexibility index (Phi) is 3.50. The van der Waals surface area contributed by atoms with Crippen molar-refractivity contribution in [1.29, 1.82) is 0 Å². The van der Waals surface area contributed by atoms with E-state index in [9.17, 15) is 9.59 Å². The summed E-state index contributed by atoms with van der Waals surface area (Å²) in [6.45, 7) is 0.471. The van der Waals surface area contributed by atoms with Crippen molar-refractivity contribution in [1.82, 2.24) is 4.90 Å². The molecule has 0 aliphatic carbocycles. The maximum absolute atomic E-state index is 12.2. The lowest BCUT2D eigenvalue weighted by atomic mass is 9.90. The molecule has 1 aromatic carbocycles. The quantitative estimate of drug-likeness (QED) is 0.841. The first kappa shape index (κ1) is 12.4. The van der Waals surface area contributed by atoms with Gasteiger partial charge in [-0.3, -0.25) is 9.59 Å². The summed E-state index contributed by atoms with van der Waals surface area (Å²) in [6, 6.07) is 7.66. The van der Waals surface area contributed by atoms with Crippen LogP contribution in [0.3, 0.4) is 0 Å². The summed E-state index contributed by atoms with van der Waals surface area (Å²) in [4.78, 5) is 24.1. The second-order valence-corrected chi connectivity index (χ2v) is 4.44. The minimum atomic E-state index is -0.993. The molecule has 2 N–H and O–H groups in total. The first-order chi connectivity index (χ1) is 8.59. The molecule has 5 heteroatoms. The number of anilines is 1. The molecule has 1 aliphatic rings. The molecule has 0 saturated heterocycles. The number of para-hydroxylation sites is 1. The van der Waals surface area contributed by atoms with Crippen LogP contribution in [0.1, 0.15) is 17.9 Å². The fourth-order valence-electron chi connectivity index (χ4n) is 2.27. The summed E-state index contributed by atoms with van der Waals surface area (Å²) in [6.07, 6.45) is 0.694. The Hall–Kier alpha value is -2.04. The number of hydrogen-bond donors (Lipinski definition) is 2. The van der Waals surface area contributed by atoms with Crippen LogP contribution in [0.2, 0.25) is 0 Å². The number of benzene rings is 1. The summed E-state index contributed by atoms with van der Waals surface area (Å²) in [5.41, 5.74) is 1.91. The highest BCUT2D eigenvalue weighted by Crippen LogP contribution is 2.32. The van der Waals surface area contributed by atoms with E-state index < -0.39 is 5.97 Å². The number of amides is 1. The highest BCUT2D eigenvalue weighted by atomic mass is 16.4. The molecular formula is C13H16N2O3. The third-order valence-corrected chi connectivity index (χ3v) is 3.13. The first-order valence-electron chi connectivity index (χ1n) is 5.89. The Bertz CT molecular complexity index is 473. The monoisotopic (exact) mass is 248 g/mol. The smallest absolute Gasteiger partial charge is 0.323 e. The van der Waals surface area contributed by atoms with Gasteiger partial charge >= 0.3 is 5.97 Å². The number of carboxylic acids is 1. The van der Waals surface area contributed by atoms with Crippen molar-refractivity contribution in [2.24, 2.45) is 0 Å². The Labute approximate surface area is 105 Å². The standard InChI is InChI=1S/C13H16N2O3/c1-15(8-12(16)17)13(18)10-6-7-14-11-5-3-2-4-9(10)11/h2-5,10,14H,6-8H2,1H3,(H,16,17). The van der Waals surface area contributed by atoms with Gasteiger partial charge in [0.15, 0.2) is 0 Å². The van der Waals surface area contributed by atoms with E-state index in [2.05, 4.69) is 5.32 Å². The number of carboxylic acid groups (broad SMARTS) is 1. The fourth-order valence-corrected chi connectivity index (χ4v) is 2.27. The molecule has 0 bridgehead atoms. The van der Waals surface area contributed by atoms with Gasteiger partial charge in [-0.05, 0) is 18.1 Å². The molecule has 0 aromatic heterocycles. The Balaban J connectivity index is 2.20. The van der Waals surface area contributed by atoms with E-state index in [1.54, 1.807) is 0 Å². The van der Waals surface area contributed by atoms with Gasteiger partial charge < -0.3 is 15.3 Å². The highest BCUT2D eigenvalue weighted by Gasteiger charge is 2.28. The number of carbonyl (C=O) groups excluding carboxylic acids is 1. The lowest BCUT2D eigenvalue weighted by molar-refractivity contribution is -0.144. The van der Waals surface area contributed by atoms with Crippen molar-refractivity contribution in [2.75, 3.05) is 25.5 Å². The second kappa shape index (κ2) is 5.08. The zero-order valence-corrected chi connectivity index (χ0v) is 10.2. The van der Waals surface area contributed by atoms with Gasteiger partial charge in [0.2, 0.25) is 5.91 Å². The third kappa shape index (κ3) is 2.45. The van der Waals surface area contributed by atoms with Gasteiger partial charge in [-0.2, -0.15) is 0 Å². The van der Waals surface area contributed by atoms with Gasteiger partial charge in [-0.25, -0.2) is 0 Å². The van der Waals surface area contributed by atoms with Crippen LogP contribution in [0.4, 0.5) is 5.69 Å². The summed E-state index contributed by atoms with van der Waals surface area (Å²) >= 11 is 0. The van der Waals surface area contributed by atoms with Crippen molar-refractivity contribution >= 4 is 17.6 Å². The maximum atomic E-state index is 12.2. The normalized spacial score (nSPS) is 17.5. The van der Waals surface area contributed by atoms with Gasteiger partial charge in [0.25, 0.3) is 0 Å². The first-order valence-corrected chi connectivity index (χ1v) is 5.89. The number of carbonyl (C=O) groups is 2. The maximum Gasteiger partial charge on any atom is 0.323 e. The molecule has 1 aromatic rings. The van der Waals surface area contributed by atoms with E-state index in [1.165, 1.54) is 11.9 Å². The molecule has 1 amide bonds. The highest BCUT2D eigenvalue weighted by molar-refractivity contribution is 5.88. The van der Waals surface area contributed by atoms with Crippen molar-refractivity contribution in [3.63, 3.8) is 0 Å². The number of likely N-dealkylation sites (N-methyl/N-ethyl adjacent to an activating group) is 1. The molecule has 0 saturated carbocycles. The zero-order chi connectivity index (χ0) is 13.1. The van der Waals surface area contributed by atoms with E-state index >= 15 is 0 Å². The zero-order valence-electron chi connectivity index (χ0n) is 10.2. The molecule has 0 radical (unpaired) electrons. The van der Waals surface area contributed by atoms with Crippen LogP contribution in [0, 0.1) is 0 Å². The third-order valence-electron chi connectivity index (χ3n) is 3.13. The van der Waals surface area contributed by atoms with Crippen LogP contribution in [-0.2, 0) is 9.59 Å². The van der Waals surface area contributed by atoms with E-state index in [-0.39, 0.29) is 18.4 Å². The minimum absolute atomic E-state index is 0.133. The van der Waals surface area contributed by atoms with Crippen LogP contribution in [0.15, 0.2) is 24.3 Å². The lowest BCUT2D eigenvalue weighted by Gasteiger charge is -2.28. The predicted molar refractivity (Wildman–Crippen MR) is 67.6 cm³/mol. The number of fused-ring (bicyclic) bond motifs is 1. The minimum Gasteiger partial charge on any atom is -0.480 e.